The number of aliphatic hydroxyl groups excluding tert-OH is 1. The highest BCUT2D eigenvalue weighted by molar-refractivity contribution is 7.91. The Bertz CT molecular complexity index is 3630. The number of hydrogen-bond donors (Lipinski definition) is 4. The molecule has 0 bridgehead atoms. The number of fused-ring (bicyclic) bond motifs is 2. The van der Waals surface area contributed by atoms with E-state index in [1.54, 1.807) is 42.7 Å². The number of thiazole rings is 1. The summed E-state index contributed by atoms with van der Waals surface area (Å²) in [6.07, 6.45) is 5.24. The molecule has 11 rings (SSSR count). The molecule has 79 heavy (non-hydrogen) atoms. The number of likely N-dealkylation sites (tertiary alicyclic amines) is 2. The van der Waals surface area contributed by atoms with E-state index in [0.717, 1.165) is 34.7 Å². The van der Waals surface area contributed by atoms with Gasteiger partial charge in [-0.15, -0.1) is 11.3 Å². The molecule has 414 valence electrons. The molecule has 0 saturated carbocycles. The third-order valence-electron chi connectivity index (χ3n) is 15.7. The highest BCUT2D eigenvalue weighted by atomic mass is 32.2. The van der Waals surface area contributed by atoms with Gasteiger partial charge in [0, 0.05) is 94.2 Å². The van der Waals surface area contributed by atoms with E-state index in [0.29, 0.717) is 67.3 Å². The molecule has 4 N–H and O–H groups in total. The van der Waals surface area contributed by atoms with Gasteiger partial charge >= 0.3 is 0 Å². The lowest BCUT2D eigenvalue weighted by Gasteiger charge is -2.32. The van der Waals surface area contributed by atoms with E-state index in [2.05, 4.69) is 36.0 Å². The van der Waals surface area contributed by atoms with Crippen LogP contribution in [-0.2, 0) is 36.8 Å². The van der Waals surface area contributed by atoms with Crippen molar-refractivity contribution in [1.29, 1.82) is 0 Å². The van der Waals surface area contributed by atoms with Gasteiger partial charge in [0.25, 0.3) is 23.3 Å². The molecule has 3 amide bonds. The Kier molecular flexibility index (Phi) is 14.0. The van der Waals surface area contributed by atoms with Crippen molar-refractivity contribution in [3.63, 3.8) is 0 Å². The Morgan fingerprint density at radius 1 is 1.08 bits per heavy atom. The predicted octanol–water partition coefficient (Wildman–Crippen LogP) is 4.18. The number of aryl methyl sites for hydroxylation is 2. The minimum absolute atomic E-state index is 0.0178. The number of hydrogen-bond acceptors (Lipinski definition) is 17. The summed E-state index contributed by atoms with van der Waals surface area (Å²) >= 11 is 1.54. The van der Waals surface area contributed by atoms with Crippen LogP contribution >= 0.6 is 11.3 Å². The van der Waals surface area contributed by atoms with E-state index in [-0.39, 0.29) is 77.0 Å². The van der Waals surface area contributed by atoms with Crippen LogP contribution in [0.25, 0.3) is 21.7 Å². The molecule has 5 aromatic rings. The number of pyridine rings is 2. The number of ether oxygens (including phenoxy) is 1. The van der Waals surface area contributed by atoms with E-state index in [1.165, 1.54) is 27.0 Å². The molecule has 4 aromatic heterocycles. The zero-order valence-electron chi connectivity index (χ0n) is 44.2. The number of carbonyl (C=O) groups excluding carboxylic acids is 3. The number of carbonyl (C=O) groups is 3. The van der Waals surface area contributed by atoms with Gasteiger partial charge in [0.1, 0.15) is 24.2 Å². The number of nitrogens with one attached hydrogen (secondary N) is 3. The molecule has 5 aliphatic heterocycles. The normalized spacial score (nSPS) is 23.3. The molecule has 1 aliphatic carbocycles. The number of sulfone groups is 1. The number of aromatic nitrogens is 4. The molecule has 24 heteroatoms. The molecule has 0 radical (unpaired) electrons. The van der Waals surface area contributed by atoms with Gasteiger partial charge in [-0.1, -0.05) is 38.1 Å². The molecule has 1 unspecified atom stereocenters. The van der Waals surface area contributed by atoms with Crippen LogP contribution in [0.3, 0.4) is 0 Å². The van der Waals surface area contributed by atoms with Gasteiger partial charge in [-0.25, -0.2) is 32.2 Å². The third-order valence-corrected chi connectivity index (χ3v) is 17.5. The van der Waals surface area contributed by atoms with Crippen molar-refractivity contribution in [2.45, 2.75) is 82.6 Å². The van der Waals surface area contributed by atoms with Crippen LogP contribution in [0.4, 0.5) is 14.6 Å². The first-order valence-corrected chi connectivity index (χ1v) is 29.1. The lowest BCUT2D eigenvalue weighted by molar-refractivity contribution is -0.134. The predicted molar refractivity (Wildman–Crippen MR) is 290 cm³/mol. The number of nitrogens with zero attached hydrogens (tertiary/aromatic N) is 8. The molecule has 2 saturated heterocycles. The SMILES string of the molecule is Cc1ncsc1-c1ccc([C@]2(C)N=C([C@H]3C[C@@H](O)CN3C(=O)[C@H](c3cc(OCCN4CC[C@H](NC(=O)C5=C(CS(C)(=O)=O)c6ccn(C)c(=O)c6C6=C7C5=CN(c5ncc(F)cc5F)C7CCN6)C4)no3)C(C)C)NC2=O)cc1. The first kappa shape index (κ1) is 53.6. The first-order valence-electron chi connectivity index (χ1n) is 26.1. The second-order valence-corrected chi connectivity index (χ2v) is 24.5. The summed E-state index contributed by atoms with van der Waals surface area (Å²) < 4.78 is 69.4. The zero-order chi connectivity index (χ0) is 55.8. The molecular weight excluding hydrogens is 1060 g/mol. The number of β-amino-alcohol motifs (C(OH)–C–C–N with tert-alkyl or cyclic N) is 1. The van der Waals surface area contributed by atoms with Crippen LogP contribution in [0.15, 0.2) is 97.6 Å². The summed E-state index contributed by atoms with van der Waals surface area (Å²) in [7, 11) is -2.26. The fourth-order valence-corrected chi connectivity index (χ4v) is 13.4. The second-order valence-electron chi connectivity index (χ2n) is 21.5. The Hall–Kier alpha value is -7.41. The lowest BCUT2D eigenvalue weighted by atomic mass is 9.89. The van der Waals surface area contributed by atoms with Gasteiger partial charge in [-0.3, -0.25) is 24.1 Å². The number of aliphatic hydroxyl groups is 1. The summed E-state index contributed by atoms with van der Waals surface area (Å²) in [5.41, 5.74) is 4.44. The number of amides is 3. The Labute approximate surface area is 457 Å². The quantitative estimate of drug-likeness (QED) is 0.115. The molecule has 20 nitrogen and oxygen atoms in total. The van der Waals surface area contributed by atoms with Crippen molar-refractivity contribution in [2.75, 3.05) is 56.2 Å². The maximum atomic E-state index is 15.5. The maximum Gasteiger partial charge on any atom is 0.260 e. The van der Waals surface area contributed by atoms with Crippen molar-refractivity contribution in [1.82, 2.24) is 45.4 Å². The largest absolute Gasteiger partial charge is 0.474 e. The van der Waals surface area contributed by atoms with Gasteiger partial charge in [-0.05, 0) is 66.1 Å². The Morgan fingerprint density at radius 2 is 1.86 bits per heavy atom. The van der Waals surface area contributed by atoms with Crippen molar-refractivity contribution < 1.29 is 45.9 Å². The summed E-state index contributed by atoms with van der Waals surface area (Å²) in [6.45, 7) is 9.34. The highest BCUT2D eigenvalue weighted by Crippen LogP contribution is 2.48. The minimum Gasteiger partial charge on any atom is -0.474 e. The van der Waals surface area contributed by atoms with E-state index in [9.17, 15) is 37.1 Å². The number of anilines is 1. The number of benzene rings is 1. The summed E-state index contributed by atoms with van der Waals surface area (Å²) in [6, 6.07) is 9.80. The summed E-state index contributed by atoms with van der Waals surface area (Å²) in [5.74, 6) is -4.22. The van der Waals surface area contributed by atoms with Gasteiger partial charge in [0.15, 0.2) is 32.8 Å². The van der Waals surface area contributed by atoms with E-state index in [4.69, 9.17) is 14.3 Å². The van der Waals surface area contributed by atoms with Crippen LogP contribution in [-0.4, -0.2) is 142 Å². The van der Waals surface area contributed by atoms with Crippen LogP contribution in [0.1, 0.15) is 74.1 Å². The van der Waals surface area contributed by atoms with E-state index < -0.39 is 74.4 Å². The fourth-order valence-electron chi connectivity index (χ4n) is 11.8. The van der Waals surface area contributed by atoms with Crippen LogP contribution in [0.2, 0.25) is 0 Å². The van der Waals surface area contributed by atoms with E-state index in [1.807, 2.05) is 45.0 Å². The summed E-state index contributed by atoms with van der Waals surface area (Å²) in [5, 5.41) is 24.5. The number of halogens is 2. The topological polar surface area (TPSA) is 247 Å². The molecule has 6 atom stereocenters. The van der Waals surface area contributed by atoms with Gasteiger partial charge < -0.3 is 44.7 Å². The first-order chi connectivity index (χ1) is 37.7. The number of rotatable bonds is 15. The Balaban J connectivity index is 0.772. The fraction of sp³-hybridized carbons (Fsp3) is 0.418. The van der Waals surface area contributed by atoms with E-state index >= 15 is 4.39 Å². The third kappa shape index (κ3) is 9.96. The van der Waals surface area contributed by atoms with Crippen LogP contribution in [0.5, 0.6) is 5.88 Å². The van der Waals surface area contributed by atoms with Gasteiger partial charge in [-0.2, -0.15) is 0 Å². The molecule has 6 aliphatic rings. The zero-order valence-corrected chi connectivity index (χ0v) is 45.9. The number of amidine groups is 1. The standard InChI is InChI=1S/C55H59F2N11O9S2/c1-28(2)43(53(72)68-24-34(69)20-40(68)49-62-54(73)55(4,63-49)31-9-7-30(8-10-31)48-29(3)60-27-78-48)41-21-42(64-77-41)76-18-17-66-16-12-33(23-66)61-51(70)44-36-25-67(50-38(57)19-32(56)22-59-50)39-11-14-58-47(45(36)39)46-35(13-15-65(5)52(46)71)37(44)26-79(6,74)75/h7-10,13,15,19,21-22,25,27-28,33-34,39-40,43,58,69H,11-12,14,16-18,20,23-24,26H2,1-6H3,(H,61,70)(H,62,63,73)/t33-,34+,39?,40+,43-,55-/m0/s1. The van der Waals surface area contributed by atoms with Crippen molar-refractivity contribution in [3.05, 3.63) is 133 Å². The Morgan fingerprint density at radius 3 is 2.58 bits per heavy atom. The molecule has 9 heterocycles. The van der Waals surface area contributed by atoms with Gasteiger partial charge in [0.05, 0.1) is 63.1 Å². The lowest BCUT2D eigenvalue weighted by Crippen LogP contribution is -2.48. The average Bonchev–Trinajstić information content (AvgIpc) is 4.42. The van der Waals surface area contributed by atoms with Crippen molar-refractivity contribution >= 4 is 61.8 Å². The van der Waals surface area contributed by atoms with Crippen molar-refractivity contribution in [2.24, 2.45) is 18.0 Å². The number of aliphatic imine (C=N–C) groups is 1. The van der Waals surface area contributed by atoms with Crippen LogP contribution < -0.4 is 31.1 Å². The summed E-state index contributed by atoms with van der Waals surface area (Å²) in [4.78, 5) is 76.7. The molecule has 1 aromatic carbocycles. The average molecular weight is 1120 g/mol. The smallest absolute Gasteiger partial charge is 0.260 e. The molecule has 2 fully saturated rings. The maximum absolute atomic E-state index is 15.5. The molecular formula is C55H59F2N11O9S2. The van der Waals surface area contributed by atoms with Crippen molar-refractivity contribution in [3.8, 4) is 16.3 Å². The second kappa shape index (κ2) is 20.7. The highest BCUT2D eigenvalue weighted by Gasteiger charge is 2.49. The minimum atomic E-state index is -3.83. The monoisotopic (exact) mass is 1120 g/mol. The van der Waals surface area contributed by atoms with Gasteiger partial charge in [0.2, 0.25) is 5.91 Å². The van der Waals surface area contributed by atoms with Crippen LogP contribution in [0, 0.1) is 24.5 Å². The molecule has 0 spiro atoms.